The van der Waals surface area contributed by atoms with Crippen molar-refractivity contribution in [2.75, 3.05) is 14.2 Å². The van der Waals surface area contributed by atoms with Crippen molar-refractivity contribution in [1.29, 1.82) is 0 Å². The van der Waals surface area contributed by atoms with E-state index in [1.807, 2.05) is 0 Å². The molecule has 0 radical (unpaired) electrons. The SMILES string of the molecule is COc1cc(C(=O)O)cc(-c2cc(C(=O)O)no2)c1OC. The minimum absolute atomic E-state index is 0.0593. The molecule has 8 heteroatoms. The molecule has 0 atom stereocenters. The highest BCUT2D eigenvalue weighted by atomic mass is 16.5. The van der Waals surface area contributed by atoms with E-state index in [9.17, 15) is 9.59 Å². The van der Waals surface area contributed by atoms with Gasteiger partial charge in [-0.15, -0.1) is 0 Å². The van der Waals surface area contributed by atoms with Crippen LogP contribution in [-0.2, 0) is 0 Å². The van der Waals surface area contributed by atoms with Gasteiger partial charge in [-0.1, -0.05) is 5.16 Å². The zero-order valence-electron chi connectivity index (χ0n) is 11.1. The first-order chi connectivity index (χ1) is 9.97. The standard InChI is InChI=1S/C13H11NO7/c1-19-10-4-6(12(15)16)3-7(11(10)20-2)9-5-8(13(17)18)14-21-9/h3-5H,1-2H3,(H,15,16)(H,17,18). The molecule has 2 rings (SSSR count). The molecule has 0 fully saturated rings. The van der Waals surface area contributed by atoms with E-state index in [2.05, 4.69) is 5.16 Å². The molecule has 110 valence electrons. The fourth-order valence-corrected chi connectivity index (χ4v) is 1.77. The van der Waals surface area contributed by atoms with E-state index in [-0.39, 0.29) is 34.1 Å². The van der Waals surface area contributed by atoms with Crippen molar-refractivity contribution < 1.29 is 33.8 Å². The van der Waals surface area contributed by atoms with Crippen molar-refractivity contribution in [3.05, 3.63) is 29.5 Å². The molecule has 0 saturated heterocycles. The molecule has 2 aromatic rings. The normalized spacial score (nSPS) is 10.2. The van der Waals surface area contributed by atoms with Crippen LogP contribution in [-0.4, -0.2) is 41.5 Å². The summed E-state index contributed by atoms with van der Waals surface area (Å²) >= 11 is 0. The predicted octanol–water partition coefficient (Wildman–Crippen LogP) is 1.76. The molecule has 8 nitrogen and oxygen atoms in total. The van der Waals surface area contributed by atoms with Crippen molar-refractivity contribution in [2.45, 2.75) is 0 Å². The summed E-state index contributed by atoms with van der Waals surface area (Å²) in [5.41, 5.74) is -0.128. The van der Waals surface area contributed by atoms with Crippen LogP contribution in [0.3, 0.4) is 0 Å². The van der Waals surface area contributed by atoms with Gasteiger partial charge in [-0.05, 0) is 12.1 Å². The smallest absolute Gasteiger partial charge is 0.358 e. The Labute approximate surface area is 118 Å². The number of rotatable bonds is 5. The number of hydrogen-bond acceptors (Lipinski definition) is 6. The van der Waals surface area contributed by atoms with Gasteiger partial charge < -0.3 is 24.2 Å². The van der Waals surface area contributed by atoms with Crippen LogP contribution in [0.4, 0.5) is 0 Å². The Kier molecular flexibility index (Phi) is 3.79. The van der Waals surface area contributed by atoms with Gasteiger partial charge in [-0.3, -0.25) is 0 Å². The molecule has 2 N–H and O–H groups in total. The monoisotopic (exact) mass is 293 g/mol. The molecule has 0 aliphatic carbocycles. The van der Waals surface area contributed by atoms with E-state index in [1.54, 1.807) is 0 Å². The number of nitrogens with zero attached hydrogens (tertiary/aromatic N) is 1. The predicted molar refractivity (Wildman–Crippen MR) is 69.0 cm³/mol. The highest BCUT2D eigenvalue weighted by Gasteiger charge is 2.21. The lowest BCUT2D eigenvalue weighted by Crippen LogP contribution is -2.00. The van der Waals surface area contributed by atoms with Gasteiger partial charge in [0.1, 0.15) is 0 Å². The Hall–Kier alpha value is -3.03. The molecule has 1 aromatic heterocycles. The Morgan fingerprint density at radius 2 is 1.81 bits per heavy atom. The largest absolute Gasteiger partial charge is 0.493 e. The number of carboxylic acids is 2. The van der Waals surface area contributed by atoms with E-state index >= 15 is 0 Å². The maximum atomic E-state index is 11.1. The van der Waals surface area contributed by atoms with Crippen LogP contribution >= 0.6 is 0 Å². The van der Waals surface area contributed by atoms with E-state index in [1.165, 1.54) is 32.4 Å². The zero-order valence-corrected chi connectivity index (χ0v) is 11.1. The fraction of sp³-hybridized carbons (Fsp3) is 0.154. The summed E-state index contributed by atoms with van der Waals surface area (Å²) in [6, 6.07) is 3.75. The van der Waals surface area contributed by atoms with Gasteiger partial charge in [-0.2, -0.15) is 0 Å². The van der Waals surface area contributed by atoms with Gasteiger partial charge in [0.05, 0.1) is 25.3 Å². The Morgan fingerprint density at radius 1 is 1.10 bits per heavy atom. The molecular formula is C13H11NO7. The number of benzene rings is 1. The summed E-state index contributed by atoms with van der Waals surface area (Å²) in [6.07, 6.45) is 0. The Morgan fingerprint density at radius 3 is 2.29 bits per heavy atom. The molecule has 0 aliphatic rings. The van der Waals surface area contributed by atoms with Gasteiger partial charge >= 0.3 is 11.9 Å². The molecule has 0 bridgehead atoms. The van der Waals surface area contributed by atoms with E-state index in [0.717, 1.165) is 0 Å². The Balaban J connectivity index is 2.66. The maximum Gasteiger partial charge on any atom is 0.358 e. The number of carboxylic acid groups (broad SMARTS) is 2. The fourth-order valence-electron chi connectivity index (χ4n) is 1.77. The molecule has 1 aromatic carbocycles. The number of hydrogen-bond donors (Lipinski definition) is 2. The summed E-state index contributed by atoms with van der Waals surface area (Å²) in [6.45, 7) is 0. The quantitative estimate of drug-likeness (QED) is 0.855. The number of methoxy groups -OCH3 is 2. The van der Waals surface area contributed by atoms with Crippen LogP contribution in [0.1, 0.15) is 20.8 Å². The van der Waals surface area contributed by atoms with E-state index in [0.29, 0.717) is 0 Å². The van der Waals surface area contributed by atoms with Crippen molar-refractivity contribution in [1.82, 2.24) is 5.16 Å². The molecule has 21 heavy (non-hydrogen) atoms. The minimum Gasteiger partial charge on any atom is -0.493 e. The van der Waals surface area contributed by atoms with Crippen molar-refractivity contribution in [3.63, 3.8) is 0 Å². The lowest BCUT2D eigenvalue weighted by Gasteiger charge is -2.12. The molecule has 1 heterocycles. The molecule has 0 aliphatic heterocycles. The van der Waals surface area contributed by atoms with Crippen LogP contribution in [0.5, 0.6) is 11.5 Å². The van der Waals surface area contributed by atoms with Crippen LogP contribution in [0.15, 0.2) is 22.7 Å². The zero-order chi connectivity index (χ0) is 15.6. The first-order valence-electron chi connectivity index (χ1n) is 5.67. The first kappa shape index (κ1) is 14.4. The van der Waals surface area contributed by atoms with Gasteiger partial charge in [0.25, 0.3) is 0 Å². The number of ether oxygens (including phenoxy) is 2. The summed E-state index contributed by atoms with van der Waals surface area (Å²) in [7, 11) is 2.73. The average Bonchev–Trinajstić information content (AvgIpc) is 2.95. The van der Waals surface area contributed by atoms with Crippen molar-refractivity contribution in [3.8, 4) is 22.8 Å². The topological polar surface area (TPSA) is 119 Å². The van der Waals surface area contributed by atoms with Crippen LogP contribution in [0, 0.1) is 0 Å². The first-order valence-corrected chi connectivity index (χ1v) is 5.67. The van der Waals surface area contributed by atoms with Gasteiger partial charge in [0.2, 0.25) is 0 Å². The second kappa shape index (κ2) is 5.53. The molecule has 0 unspecified atom stereocenters. The lowest BCUT2D eigenvalue weighted by molar-refractivity contribution is 0.0679. The van der Waals surface area contributed by atoms with Crippen molar-refractivity contribution in [2.24, 2.45) is 0 Å². The lowest BCUT2D eigenvalue weighted by atomic mass is 10.1. The summed E-state index contributed by atoms with van der Waals surface area (Å²) in [4.78, 5) is 22.0. The molecule has 0 amide bonds. The van der Waals surface area contributed by atoms with Gasteiger partial charge in [-0.25, -0.2) is 9.59 Å². The van der Waals surface area contributed by atoms with Crippen LogP contribution < -0.4 is 9.47 Å². The maximum absolute atomic E-state index is 11.1. The average molecular weight is 293 g/mol. The summed E-state index contributed by atoms with van der Waals surface area (Å²) in [5, 5.41) is 21.3. The second-order valence-electron chi connectivity index (χ2n) is 3.95. The highest BCUT2D eigenvalue weighted by Crippen LogP contribution is 2.39. The summed E-state index contributed by atoms with van der Waals surface area (Å²) in [5.74, 6) is -1.97. The van der Waals surface area contributed by atoms with Gasteiger partial charge in [0.15, 0.2) is 23.0 Å². The minimum atomic E-state index is -1.26. The third-order valence-corrected chi connectivity index (χ3v) is 2.72. The molecule has 0 spiro atoms. The van der Waals surface area contributed by atoms with E-state index < -0.39 is 11.9 Å². The highest BCUT2D eigenvalue weighted by molar-refractivity contribution is 5.92. The van der Waals surface area contributed by atoms with E-state index in [4.69, 9.17) is 24.2 Å². The summed E-state index contributed by atoms with van der Waals surface area (Å²) < 4.78 is 15.2. The number of aromatic nitrogens is 1. The van der Waals surface area contributed by atoms with Crippen LogP contribution in [0.25, 0.3) is 11.3 Å². The third-order valence-electron chi connectivity index (χ3n) is 2.72. The second-order valence-corrected chi connectivity index (χ2v) is 3.95. The molecular weight excluding hydrogens is 282 g/mol. The van der Waals surface area contributed by atoms with Gasteiger partial charge in [0, 0.05) is 6.07 Å². The van der Waals surface area contributed by atoms with Crippen molar-refractivity contribution >= 4 is 11.9 Å². The third kappa shape index (κ3) is 2.64. The number of carbonyl (C=O) groups is 2. The number of aromatic carboxylic acids is 2. The molecule has 0 saturated carbocycles. The Bertz CT molecular complexity index is 705. The van der Waals surface area contributed by atoms with Crippen LogP contribution in [0.2, 0.25) is 0 Å².